The number of carbonyl (C=O) groups is 1. The monoisotopic (exact) mass is 350 g/mol. The number of para-hydroxylation sites is 1. The number of hydrogen-bond donors (Lipinski definition) is 1. The van der Waals surface area contributed by atoms with Crippen LogP contribution in [-0.4, -0.2) is 46.8 Å². The number of halogens is 1. The summed E-state index contributed by atoms with van der Waals surface area (Å²) in [7, 11) is 1.94. The number of ether oxygens (including phenoxy) is 2. The van der Waals surface area contributed by atoms with E-state index < -0.39 is 0 Å². The van der Waals surface area contributed by atoms with Crippen LogP contribution in [-0.2, 0) is 7.05 Å². The molecule has 1 fully saturated rings. The lowest BCUT2D eigenvalue weighted by molar-refractivity contribution is 0.0616. The van der Waals surface area contributed by atoms with Crippen LogP contribution in [0.15, 0.2) is 30.6 Å². The van der Waals surface area contributed by atoms with Crippen molar-refractivity contribution in [1.82, 2.24) is 19.8 Å². The number of aryl methyl sites for hydroxylation is 1. The van der Waals surface area contributed by atoms with Crippen molar-refractivity contribution >= 4 is 18.3 Å². The molecule has 0 aliphatic carbocycles. The van der Waals surface area contributed by atoms with E-state index in [0.29, 0.717) is 30.2 Å². The fourth-order valence-corrected chi connectivity index (χ4v) is 3.13. The number of amides is 1. The lowest BCUT2D eigenvalue weighted by Gasteiger charge is -2.35. The van der Waals surface area contributed by atoms with Gasteiger partial charge in [0.2, 0.25) is 6.79 Å². The fraction of sp³-hybridized carbons (Fsp3) is 0.375. The Balaban J connectivity index is 0.00000169. The third-order valence-electron chi connectivity index (χ3n) is 4.29. The Morgan fingerprint density at radius 2 is 2.25 bits per heavy atom. The van der Waals surface area contributed by atoms with Crippen LogP contribution in [0.5, 0.6) is 11.5 Å². The van der Waals surface area contributed by atoms with Crippen molar-refractivity contribution in [2.75, 3.05) is 26.4 Å². The molecule has 2 aromatic rings. The number of hydrogen-bond acceptors (Lipinski definition) is 5. The molecular weight excluding hydrogens is 332 g/mol. The molecular formula is C16H19ClN4O3. The quantitative estimate of drug-likeness (QED) is 0.885. The van der Waals surface area contributed by atoms with Gasteiger partial charge in [0.05, 0.1) is 5.56 Å². The minimum absolute atomic E-state index is 0. The van der Waals surface area contributed by atoms with Crippen molar-refractivity contribution in [3.05, 3.63) is 42.0 Å². The largest absolute Gasteiger partial charge is 0.454 e. The summed E-state index contributed by atoms with van der Waals surface area (Å²) in [5.41, 5.74) is 0.543. The van der Waals surface area contributed by atoms with Crippen LogP contribution in [0.25, 0.3) is 0 Å². The smallest absolute Gasteiger partial charge is 0.258 e. The SMILES string of the molecule is Cl.Cn1ccnc1C1CNCCN1C(=O)c1cccc2c1OCO2. The molecule has 1 amide bonds. The first-order valence-corrected chi connectivity index (χ1v) is 7.63. The third-order valence-corrected chi connectivity index (χ3v) is 4.29. The Labute approximate surface area is 146 Å². The molecule has 1 N–H and O–H groups in total. The first-order valence-electron chi connectivity index (χ1n) is 7.63. The van der Waals surface area contributed by atoms with E-state index in [2.05, 4.69) is 10.3 Å². The van der Waals surface area contributed by atoms with E-state index in [4.69, 9.17) is 9.47 Å². The number of carbonyl (C=O) groups excluding carboxylic acids is 1. The van der Waals surface area contributed by atoms with E-state index in [1.165, 1.54) is 0 Å². The summed E-state index contributed by atoms with van der Waals surface area (Å²) >= 11 is 0. The second kappa shape index (κ2) is 6.70. The van der Waals surface area contributed by atoms with Crippen molar-refractivity contribution in [2.45, 2.75) is 6.04 Å². The first-order chi connectivity index (χ1) is 11.3. The van der Waals surface area contributed by atoms with Crippen LogP contribution in [0.3, 0.4) is 0 Å². The summed E-state index contributed by atoms with van der Waals surface area (Å²) in [6, 6.07) is 5.31. The number of nitrogens with zero attached hydrogens (tertiary/aromatic N) is 3. The summed E-state index contributed by atoms with van der Waals surface area (Å²) in [4.78, 5) is 19.4. The van der Waals surface area contributed by atoms with Crippen LogP contribution in [0.2, 0.25) is 0 Å². The number of piperazine rings is 1. The summed E-state index contributed by atoms with van der Waals surface area (Å²) < 4.78 is 12.8. The van der Waals surface area contributed by atoms with Gasteiger partial charge in [-0.3, -0.25) is 4.79 Å². The molecule has 0 spiro atoms. The third kappa shape index (κ3) is 2.70. The topological polar surface area (TPSA) is 68.6 Å². The van der Waals surface area contributed by atoms with Gasteiger partial charge in [-0.25, -0.2) is 4.98 Å². The Morgan fingerprint density at radius 3 is 3.04 bits per heavy atom. The Bertz CT molecular complexity index is 749. The van der Waals surface area contributed by atoms with Gasteiger partial charge in [0.1, 0.15) is 11.9 Å². The molecule has 1 atom stereocenters. The number of rotatable bonds is 2. The number of imidazole rings is 1. The molecule has 0 bridgehead atoms. The van der Waals surface area contributed by atoms with Crippen LogP contribution >= 0.6 is 12.4 Å². The van der Waals surface area contributed by atoms with Gasteiger partial charge < -0.3 is 24.3 Å². The Kier molecular flexibility index (Phi) is 4.64. The van der Waals surface area contributed by atoms with Crippen molar-refractivity contribution in [1.29, 1.82) is 0 Å². The van der Waals surface area contributed by atoms with Crippen LogP contribution < -0.4 is 14.8 Å². The van der Waals surface area contributed by atoms with Gasteiger partial charge in [-0.1, -0.05) is 6.07 Å². The number of fused-ring (bicyclic) bond motifs is 1. The zero-order valence-corrected chi connectivity index (χ0v) is 14.1. The van der Waals surface area contributed by atoms with Crippen molar-refractivity contribution in [3.63, 3.8) is 0 Å². The summed E-state index contributed by atoms with van der Waals surface area (Å²) in [6.45, 7) is 2.23. The zero-order valence-electron chi connectivity index (χ0n) is 13.3. The average Bonchev–Trinajstić information content (AvgIpc) is 3.22. The molecule has 8 heteroatoms. The maximum atomic E-state index is 13.1. The highest BCUT2D eigenvalue weighted by Gasteiger charge is 2.33. The predicted octanol–water partition coefficient (Wildman–Crippen LogP) is 1.36. The average molecular weight is 351 g/mol. The molecule has 0 radical (unpaired) electrons. The zero-order chi connectivity index (χ0) is 15.8. The Morgan fingerprint density at radius 1 is 1.38 bits per heavy atom. The molecule has 1 aromatic heterocycles. The highest BCUT2D eigenvalue weighted by Crippen LogP contribution is 2.37. The van der Waals surface area contributed by atoms with Gasteiger partial charge in [0.25, 0.3) is 5.91 Å². The van der Waals surface area contributed by atoms with Gasteiger partial charge in [0.15, 0.2) is 11.5 Å². The standard InChI is InChI=1S/C16H18N4O3.ClH/c1-19-7-6-18-15(19)12-9-17-5-8-20(12)16(21)11-3-2-4-13-14(11)23-10-22-13;/h2-4,6-7,12,17H,5,8-10H2,1H3;1H. The van der Waals surface area contributed by atoms with E-state index in [-0.39, 0.29) is 31.1 Å². The van der Waals surface area contributed by atoms with Gasteiger partial charge in [-0.05, 0) is 12.1 Å². The lowest BCUT2D eigenvalue weighted by Crippen LogP contribution is -2.49. The second-order valence-electron chi connectivity index (χ2n) is 5.65. The molecule has 4 rings (SSSR count). The molecule has 1 unspecified atom stereocenters. The van der Waals surface area contributed by atoms with Gasteiger partial charge >= 0.3 is 0 Å². The highest BCUT2D eigenvalue weighted by molar-refractivity contribution is 5.98. The molecule has 1 aromatic carbocycles. The minimum Gasteiger partial charge on any atom is -0.454 e. The molecule has 128 valence electrons. The summed E-state index contributed by atoms with van der Waals surface area (Å²) in [5.74, 6) is 1.98. The highest BCUT2D eigenvalue weighted by atomic mass is 35.5. The summed E-state index contributed by atoms with van der Waals surface area (Å²) in [6.07, 6.45) is 3.65. The van der Waals surface area contributed by atoms with Crippen LogP contribution in [0.1, 0.15) is 22.2 Å². The number of nitrogens with one attached hydrogen (secondary N) is 1. The lowest BCUT2D eigenvalue weighted by atomic mass is 10.1. The molecule has 2 aliphatic rings. The first kappa shape index (κ1) is 16.6. The fourth-order valence-electron chi connectivity index (χ4n) is 3.13. The van der Waals surface area contributed by atoms with E-state index in [1.807, 2.05) is 34.8 Å². The number of aromatic nitrogens is 2. The maximum Gasteiger partial charge on any atom is 0.258 e. The van der Waals surface area contributed by atoms with E-state index in [9.17, 15) is 4.79 Å². The van der Waals surface area contributed by atoms with Crippen LogP contribution in [0.4, 0.5) is 0 Å². The van der Waals surface area contributed by atoms with Gasteiger partial charge in [-0.2, -0.15) is 0 Å². The van der Waals surface area contributed by atoms with E-state index >= 15 is 0 Å². The number of benzene rings is 1. The molecule has 3 heterocycles. The van der Waals surface area contributed by atoms with Crippen molar-refractivity contribution < 1.29 is 14.3 Å². The molecule has 24 heavy (non-hydrogen) atoms. The van der Waals surface area contributed by atoms with Gasteiger partial charge in [-0.15, -0.1) is 12.4 Å². The minimum atomic E-state index is -0.102. The van der Waals surface area contributed by atoms with Gasteiger partial charge in [0, 0.05) is 39.1 Å². The van der Waals surface area contributed by atoms with E-state index in [0.717, 1.165) is 12.4 Å². The second-order valence-corrected chi connectivity index (χ2v) is 5.65. The van der Waals surface area contributed by atoms with Crippen LogP contribution in [0, 0.1) is 0 Å². The Hall–Kier alpha value is -2.25. The summed E-state index contributed by atoms with van der Waals surface area (Å²) in [5, 5.41) is 3.34. The van der Waals surface area contributed by atoms with Crippen molar-refractivity contribution in [3.8, 4) is 11.5 Å². The molecule has 7 nitrogen and oxygen atoms in total. The molecule has 0 saturated carbocycles. The van der Waals surface area contributed by atoms with Crippen molar-refractivity contribution in [2.24, 2.45) is 7.05 Å². The van der Waals surface area contributed by atoms with E-state index in [1.54, 1.807) is 12.3 Å². The molecule has 2 aliphatic heterocycles. The predicted molar refractivity (Wildman–Crippen MR) is 89.7 cm³/mol. The molecule has 1 saturated heterocycles. The normalized spacial score (nSPS) is 19.0. The maximum absolute atomic E-state index is 13.1.